The summed E-state index contributed by atoms with van der Waals surface area (Å²) >= 11 is 1.49. The van der Waals surface area contributed by atoms with Crippen LogP contribution in [0.3, 0.4) is 0 Å². The number of aryl methyl sites for hydroxylation is 1. The van der Waals surface area contributed by atoms with Crippen LogP contribution in [0.2, 0.25) is 0 Å². The molecule has 0 bridgehead atoms. The number of amides is 1. The monoisotopic (exact) mass is 340 g/mol. The van der Waals surface area contributed by atoms with Crippen LogP contribution in [0.5, 0.6) is 0 Å². The standard InChI is InChI=1S/C19H17FN2OS/c1-3-16-17(13-8-5-4-6-9-13)22(2)19(24-16)21-18(23)14-10-7-11-15(20)12-14/h4-12H,3H2,1-2H3. The minimum atomic E-state index is -0.439. The van der Waals surface area contributed by atoms with Crippen LogP contribution in [0.15, 0.2) is 59.6 Å². The van der Waals surface area contributed by atoms with E-state index < -0.39 is 11.7 Å². The number of thiazole rings is 1. The van der Waals surface area contributed by atoms with Crippen LogP contribution in [0.1, 0.15) is 22.2 Å². The number of rotatable bonds is 3. The zero-order chi connectivity index (χ0) is 17.1. The van der Waals surface area contributed by atoms with Gasteiger partial charge in [0.25, 0.3) is 5.91 Å². The summed E-state index contributed by atoms with van der Waals surface area (Å²) in [4.78, 5) is 18.3. The Morgan fingerprint density at radius 2 is 1.92 bits per heavy atom. The predicted molar refractivity (Wildman–Crippen MR) is 94.4 cm³/mol. The highest BCUT2D eigenvalue weighted by atomic mass is 32.1. The molecule has 0 saturated heterocycles. The van der Waals surface area contributed by atoms with E-state index in [1.165, 1.54) is 29.5 Å². The van der Waals surface area contributed by atoms with Gasteiger partial charge in [0, 0.05) is 17.5 Å². The lowest BCUT2D eigenvalue weighted by Gasteiger charge is -2.05. The number of aromatic nitrogens is 1. The molecular formula is C19H17FN2OS. The Kier molecular flexibility index (Phi) is 4.71. The summed E-state index contributed by atoms with van der Waals surface area (Å²) in [5.41, 5.74) is 2.41. The first kappa shape index (κ1) is 16.3. The quantitative estimate of drug-likeness (QED) is 0.704. The minimum absolute atomic E-state index is 0.253. The van der Waals surface area contributed by atoms with Crippen molar-refractivity contribution in [1.29, 1.82) is 0 Å². The van der Waals surface area contributed by atoms with Crippen LogP contribution < -0.4 is 4.80 Å². The van der Waals surface area contributed by atoms with Crippen molar-refractivity contribution in [2.45, 2.75) is 13.3 Å². The van der Waals surface area contributed by atoms with Crippen LogP contribution in [-0.4, -0.2) is 10.5 Å². The molecule has 0 atom stereocenters. The van der Waals surface area contributed by atoms with Crippen molar-refractivity contribution in [2.75, 3.05) is 0 Å². The van der Waals surface area contributed by atoms with E-state index in [2.05, 4.69) is 11.9 Å². The minimum Gasteiger partial charge on any atom is -0.319 e. The Bertz CT molecular complexity index is 942. The second kappa shape index (κ2) is 6.93. The number of hydrogen-bond acceptors (Lipinski definition) is 2. The molecule has 5 heteroatoms. The van der Waals surface area contributed by atoms with Gasteiger partial charge in [-0.2, -0.15) is 4.99 Å². The van der Waals surface area contributed by atoms with E-state index in [1.807, 2.05) is 41.9 Å². The second-order valence-corrected chi connectivity index (χ2v) is 6.42. The van der Waals surface area contributed by atoms with E-state index in [4.69, 9.17) is 0 Å². The third-order valence-electron chi connectivity index (χ3n) is 3.74. The van der Waals surface area contributed by atoms with Gasteiger partial charge in [0.2, 0.25) is 0 Å². The maximum absolute atomic E-state index is 13.3. The van der Waals surface area contributed by atoms with Gasteiger partial charge in [0.05, 0.1) is 5.69 Å². The molecule has 0 saturated carbocycles. The van der Waals surface area contributed by atoms with Crippen molar-refractivity contribution in [1.82, 2.24) is 4.57 Å². The fourth-order valence-electron chi connectivity index (χ4n) is 2.57. The maximum Gasteiger partial charge on any atom is 0.279 e. The van der Waals surface area contributed by atoms with E-state index in [1.54, 1.807) is 6.07 Å². The highest BCUT2D eigenvalue weighted by Crippen LogP contribution is 2.25. The fraction of sp³-hybridized carbons (Fsp3) is 0.158. The van der Waals surface area contributed by atoms with Gasteiger partial charge in [0.15, 0.2) is 4.80 Å². The average molecular weight is 340 g/mol. The SMILES string of the molecule is CCc1sc(=NC(=O)c2cccc(F)c2)n(C)c1-c1ccccc1. The van der Waals surface area contributed by atoms with Crippen LogP contribution in [0.25, 0.3) is 11.3 Å². The summed E-state index contributed by atoms with van der Waals surface area (Å²) in [6.45, 7) is 2.08. The van der Waals surface area contributed by atoms with Gasteiger partial charge in [-0.15, -0.1) is 11.3 Å². The van der Waals surface area contributed by atoms with Crippen molar-refractivity contribution in [2.24, 2.45) is 12.0 Å². The molecule has 0 unspecified atom stereocenters. The van der Waals surface area contributed by atoms with E-state index >= 15 is 0 Å². The van der Waals surface area contributed by atoms with Crippen LogP contribution >= 0.6 is 11.3 Å². The molecule has 0 radical (unpaired) electrons. The second-order valence-electron chi connectivity index (χ2n) is 5.36. The first-order valence-corrected chi connectivity index (χ1v) is 8.50. The third kappa shape index (κ3) is 3.21. The van der Waals surface area contributed by atoms with Gasteiger partial charge in [-0.05, 0) is 30.2 Å². The largest absolute Gasteiger partial charge is 0.319 e. The van der Waals surface area contributed by atoms with Crippen molar-refractivity contribution in [3.05, 3.63) is 75.7 Å². The van der Waals surface area contributed by atoms with E-state index in [9.17, 15) is 9.18 Å². The molecule has 24 heavy (non-hydrogen) atoms. The Morgan fingerprint density at radius 1 is 1.17 bits per heavy atom. The lowest BCUT2D eigenvalue weighted by molar-refractivity contribution is 0.0997. The smallest absolute Gasteiger partial charge is 0.279 e. The molecule has 122 valence electrons. The number of carbonyl (C=O) groups is 1. The van der Waals surface area contributed by atoms with Crippen LogP contribution in [0, 0.1) is 5.82 Å². The number of carbonyl (C=O) groups excluding carboxylic acids is 1. The van der Waals surface area contributed by atoms with Gasteiger partial charge in [-0.1, -0.05) is 43.3 Å². The van der Waals surface area contributed by atoms with Gasteiger partial charge in [0.1, 0.15) is 5.82 Å². The zero-order valence-corrected chi connectivity index (χ0v) is 14.3. The maximum atomic E-state index is 13.3. The van der Waals surface area contributed by atoms with E-state index in [-0.39, 0.29) is 5.56 Å². The van der Waals surface area contributed by atoms with Crippen molar-refractivity contribution < 1.29 is 9.18 Å². The van der Waals surface area contributed by atoms with Gasteiger partial charge in [-0.25, -0.2) is 4.39 Å². The Hall–Kier alpha value is -2.53. The molecule has 1 amide bonds. The fourth-order valence-corrected chi connectivity index (χ4v) is 3.64. The summed E-state index contributed by atoms with van der Waals surface area (Å²) in [5.74, 6) is -0.876. The lowest BCUT2D eigenvalue weighted by Crippen LogP contribution is -2.14. The topological polar surface area (TPSA) is 34.4 Å². The molecule has 0 aliphatic rings. The molecule has 0 spiro atoms. The molecule has 0 N–H and O–H groups in total. The lowest BCUT2D eigenvalue weighted by atomic mass is 10.1. The summed E-state index contributed by atoms with van der Waals surface area (Å²) in [6.07, 6.45) is 0.854. The normalized spacial score (nSPS) is 11.7. The number of benzene rings is 2. The van der Waals surface area contributed by atoms with Crippen molar-refractivity contribution in [3.63, 3.8) is 0 Å². The molecule has 0 aliphatic carbocycles. The van der Waals surface area contributed by atoms with E-state index in [0.29, 0.717) is 4.80 Å². The predicted octanol–water partition coefficient (Wildman–Crippen LogP) is 4.20. The highest BCUT2D eigenvalue weighted by molar-refractivity contribution is 7.09. The molecule has 1 aromatic heterocycles. The Labute approximate surface area is 143 Å². The number of hydrogen-bond donors (Lipinski definition) is 0. The summed E-state index contributed by atoms with van der Waals surface area (Å²) in [7, 11) is 1.90. The Balaban J connectivity index is 2.09. The molecule has 3 aromatic rings. The number of halogens is 1. The zero-order valence-electron chi connectivity index (χ0n) is 13.5. The van der Waals surface area contributed by atoms with Gasteiger partial charge in [-0.3, -0.25) is 4.79 Å². The Morgan fingerprint density at radius 3 is 2.58 bits per heavy atom. The van der Waals surface area contributed by atoms with Crippen LogP contribution in [0.4, 0.5) is 4.39 Å². The summed E-state index contributed by atoms with van der Waals surface area (Å²) in [5, 5.41) is 0. The van der Waals surface area contributed by atoms with Gasteiger partial charge >= 0.3 is 0 Å². The number of nitrogens with zero attached hydrogens (tertiary/aromatic N) is 2. The highest BCUT2D eigenvalue weighted by Gasteiger charge is 2.13. The molecule has 3 rings (SSSR count). The first-order chi connectivity index (χ1) is 11.6. The molecule has 1 heterocycles. The van der Waals surface area contributed by atoms with Crippen molar-refractivity contribution in [3.8, 4) is 11.3 Å². The van der Waals surface area contributed by atoms with Crippen molar-refractivity contribution >= 4 is 17.2 Å². The average Bonchev–Trinajstić information content (AvgIpc) is 2.91. The molecule has 0 fully saturated rings. The summed E-state index contributed by atoms with van der Waals surface area (Å²) in [6, 6.07) is 15.6. The third-order valence-corrected chi connectivity index (χ3v) is 5.01. The molecule has 0 aliphatic heterocycles. The molecule has 2 aromatic carbocycles. The molecular weight excluding hydrogens is 323 g/mol. The summed E-state index contributed by atoms with van der Waals surface area (Å²) < 4.78 is 15.2. The van der Waals surface area contributed by atoms with E-state index in [0.717, 1.165) is 22.6 Å². The van der Waals surface area contributed by atoms with Crippen LogP contribution in [-0.2, 0) is 13.5 Å². The molecule has 3 nitrogen and oxygen atoms in total. The van der Waals surface area contributed by atoms with Gasteiger partial charge < -0.3 is 4.57 Å². The first-order valence-electron chi connectivity index (χ1n) is 7.69.